The van der Waals surface area contributed by atoms with Gasteiger partial charge in [0.2, 0.25) is 5.95 Å². The standard InChI is InChI=1S/C8H13NO2.C5H4FN/c10-8(11)9-4-6-2-1-3-7(6)5-9;6-5-3-1-2-4-7-5/h6-7H,1-5H2,(H,10,11);1-4H/t6-,7-;/m1./s1. The van der Waals surface area contributed by atoms with Crippen molar-refractivity contribution in [3.8, 4) is 0 Å². The lowest BCUT2D eigenvalue weighted by molar-refractivity contribution is 0.152. The van der Waals surface area contributed by atoms with Gasteiger partial charge in [-0.1, -0.05) is 12.5 Å². The molecule has 5 heteroatoms. The number of fused-ring (bicyclic) bond motifs is 1. The molecular weight excluding hydrogens is 235 g/mol. The largest absolute Gasteiger partial charge is 0.465 e. The summed E-state index contributed by atoms with van der Waals surface area (Å²) in [6.07, 6.45) is 4.47. The van der Waals surface area contributed by atoms with E-state index >= 15 is 0 Å². The number of hydrogen-bond donors (Lipinski definition) is 1. The van der Waals surface area contributed by atoms with Crippen molar-refractivity contribution in [2.45, 2.75) is 19.3 Å². The molecule has 0 spiro atoms. The molecule has 1 aromatic rings. The minimum absolute atomic E-state index is 0.428. The van der Waals surface area contributed by atoms with Crippen molar-refractivity contribution in [1.82, 2.24) is 9.88 Å². The van der Waals surface area contributed by atoms with Gasteiger partial charge >= 0.3 is 6.09 Å². The Balaban J connectivity index is 0.000000149. The molecule has 2 aliphatic rings. The molecule has 2 atom stereocenters. The van der Waals surface area contributed by atoms with Crippen molar-refractivity contribution in [3.05, 3.63) is 30.3 Å². The molecule has 98 valence electrons. The number of aromatic nitrogens is 1. The van der Waals surface area contributed by atoms with E-state index in [0.29, 0.717) is 11.8 Å². The zero-order valence-electron chi connectivity index (χ0n) is 10.1. The first-order valence-corrected chi connectivity index (χ1v) is 6.21. The summed E-state index contributed by atoms with van der Waals surface area (Å²) in [7, 11) is 0. The second kappa shape index (κ2) is 5.80. The zero-order valence-corrected chi connectivity index (χ0v) is 10.1. The summed E-state index contributed by atoms with van der Waals surface area (Å²) in [5, 5.41) is 8.69. The quantitative estimate of drug-likeness (QED) is 0.722. The minimum Gasteiger partial charge on any atom is -0.465 e. The third kappa shape index (κ3) is 3.18. The van der Waals surface area contributed by atoms with Crippen molar-refractivity contribution in [2.24, 2.45) is 11.8 Å². The molecule has 0 radical (unpaired) electrons. The van der Waals surface area contributed by atoms with Crippen LogP contribution in [0.25, 0.3) is 0 Å². The van der Waals surface area contributed by atoms with Gasteiger partial charge in [-0.25, -0.2) is 9.78 Å². The summed E-state index contributed by atoms with van der Waals surface area (Å²) in [4.78, 5) is 15.4. The second-order valence-corrected chi connectivity index (χ2v) is 4.79. The van der Waals surface area contributed by atoms with E-state index in [-0.39, 0.29) is 0 Å². The normalized spacial score (nSPS) is 25.3. The Morgan fingerprint density at radius 3 is 2.39 bits per heavy atom. The Kier molecular flexibility index (Phi) is 4.12. The monoisotopic (exact) mass is 252 g/mol. The van der Waals surface area contributed by atoms with Crippen LogP contribution in [0.1, 0.15) is 19.3 Å². The van der Waals surface area contributed by atoms with Gasteiger partial charge in [-0.15, -0.1) is 0 Å². The zero-order chi connectivity index (χ0) is 13.0. The average Bonchev–Trinajstić information content (AvgIpc) is 2.90. The van der Waals surface area contributed by atoms with Crippen molar-refractivity contribution in [3.63, 3.8) is 0 Å². The fraction of sp³-hybridized carbons (Fsp3) is 0.538. The number of carbonyl (C=O) groups is 1. The van der Waals surface area contributed by atoms with Crippen LogP contribution in [0.3, 0.4) is 0 Å². The number of likely N-dealkylation sites (tertiary alicyclic amines) is 1. The maximum absolute atomic E-state index is 11.8. The number of rotatable bonds is 0. The highest BCUT2D eigenvalue weighted by atomic mass is 19.1. The molecule has 3 rings (SSSR count). The van der Waals surface area contributed by atoms with Crippen LogP contribution in [0.5, 0.6) is 0 Å². The summed E-state index contributed by atoms with van der Waals surface area (Å²) in [6.45, 7) is 1.58. The number of amides is 1. The summed E-state index contributed by atoms with van der Waals surface area (Å²) >= 11 is 0. The maximum Gasteiger partial charge on any atom is 0.407 e. The topological polar surface area (TPSA) is 53.4 Å². The summed E-state index contributed by atoms with van der Waals surface area (Å²) in [5.74, 6) is 0.944. The van der Waals surface area contributed by atoms with E-state index in [1.807, 2.05) is 0 Å². The van der Waals surface area contributed by atoms with Gasteiger partial charge in [-0.3, -0.25) is 0 Å². The Labute approximate surface area is 105 Å². The number of nitrogens with zero attached hydrogens (tertiary/aromatic N) is 2. The molecule has 2 fully saturated rings. The third-order valence-corrected chi connectivity index (χ3v) is 3.63. The lowest BCUT2D eigenvalue weighted by Crippen LogP contribution is -2.27. The van der Waals surface area contributed by atoms with Crippen LogP contribution in [0.4, 0.5) is 9.18 Å². The predicted molar refractivity (Wildman–Crippen MR) is 64.6 cm³/mol. The van der Waals surface area contributed by atoms with Gasteiger partial charge in [0.05, 0.1) is 0 Å². The Morgan fingerprint density at radius 2 is 2.00 bits per heavy atom. The van der Waals surface area contributed by atoms with Crippen molar-refractivity contribution >= 4 is 6.09 Å². The van der Waals surface area contributed by atoms with Crippen molar-refractivity contribution in [2.75, 3.05) is 13.1 Å². The first kappa shape index (κ1) is 12.8. The predicted octanol–water partition coefficient (Wildman–Crippen LogP) is 2.62. The summed E-state index contributed by atoms with van der Waals surface area (Å²) in [5.41, 5.74) is 0. The Hall–Kier alpha value is -1.65. The molecule has 1 saturated carbocycles. The van der Waals surface area contributed by atoms with Gasteiger partial charge in [-0.2, -0.15) is 4.39 Å². The van der Waals surface area contributed by atoms with Crippen LogP contribution in [-0.4, -0.2) is 34.2 Å². The van der Waals surface area contributed by atoms with Gasteiger partial charge < -0.3 is 10.0 Å². The first-order valence-electron chi connectivity index (χ1n) is 6.21. The van der Waals surface area contributed by atoms with Gasteiger partial charge in [-0.05, 0) is 36.8 Å². The SMILES string of the molecule is Fc1ccccn1.O=C(O)N1C[C@H]2CCC[C@@H]2C1. The molecule has 1 amide bonds. The van der Waals surface area contributed by atoms with Gasteiger partial charge in [0.1, 0.15) is 0 Å². The molecule has 18 heavy (non-hydrogen) atoms. The molecule has 1 saturated heterocycles. The lowest BCUT2D eigenvalue weighted by Gasteiger charge is -2.11. The van der Waals surface area contributed by atoms with E-state index in [4.69, 9.17) is 5.11 Å². The van der Waals surface area contributed by atoms with Crippen LogP contribution >= 0.6 is 0 Å². The van der Waals surface area contributed by atoms with Gasteiger partial charge in [0, 0.05) is 19.3 Å². The Morgan fingerprint density at radius 1 is 1.33 bits per heavy atom. The molecule has 0 unspecified atom stereocenters. The van der Waals surface area contributed by atoms with E-state index in [9.17, 15) is 9.18 Å². The fourth-order valence-corrected chi connectivity index (χ4v) is 2.73. The average molecular weight is 252 g/mol. The van der Waals surface area contributed by atoms with Crippen LogP contribution in [0.2, 0.25) is 0 Å². The minimum atomic E-state index is -0.737. The maximum atomic E-state index is 11.8. The summed E-state index contributed by atoms with van der Waals surface area (Å²) < 4.78 is 11.8. The van der Waals surface area contributed by atoms with Crippen LogP contribution in [0.15, 0.2) is 24.4 Å². The van der Waals surface area contributed by atoms with E-state index in [0.717, 1.165) is 13.1 Å². The van der Waals surface area contributed by atoms with Crippen LogP contribution < -0.4 is 0 Å². The lowest BCUT2D eigenvalue weighted by atomic mass is 10.0. The number of hydrogen-bond acceptors (Lipinski definition) is 2. The highest BCUT2D eigenvalue weighted by Crippen LogP contribution is 2.37. The number of halogens is 1. The van der Waals surface area contributed by atoms with Gasteiger partial charge in [0.15, 0.2) is 0 Å². The van der Waals surface area contributed by atoms with E-state index in [1.54, 1.807) is 17.0 Å². The molecule has 4 nitrogen and oxygen atoms in total. The van der Waals surface area contributed by atoms with Crippen LogP contribution in [-0.2, 0) is 0 Å². The molecule has 1 N–H and O–H groups in total. The van der Waals surface area contributed by atoms with E-state index < -0.39 is 12.0 Å². The molecule has 1 aliphatic carbocycles. The molecule has 1 aromatic heterocycles. The van der Waals surface area contributed by atoms with Crippen LogP contribution in [0, 0.1) is 17.8 Å². The fourth-order valence-electron chi connectivity index (χ4n) is 2.73. The van der Waals surface area contributed by atoms with Crippen molar-refractivity contribution in [1.29, 1.82) is 0 Å². The van der Waals surface area contributed by atoms with Gasteiger partial charge in [0.25, 0.3) is 0 Å². The smallest absolute Gasteiger partial charge is 0.407 e. The molecule has 0 bridgehead atoms. The Bertz CT molecular complexity index is 387. The molecule has 0 aromatic carbocycles. The highest BCUT2D eigenvalue weighted by Gasteiger charge is 2.37. The number of carboxylic acid groups (broad SMARTS) is 1. The van der Waals surface area contributed by atoms with Crippen molar-refractivity contribution < 1.29 is 14.3 Å². The van der Waals surface area contributed by atoms with E-state index in [1.165, 1.54) is 31.5 Å². The second-order valence-electron chi connectivity index (χ2n) is 4.79. The van der Waals surface area contributed by atoms with E-state index in [2.05, 4.69) is 4.98 Å². The molecular formula is C13H17FN2O2. The first-order chi connectivity index (χ1) is 8.66. The highest BCUT2D eigenvalue weighted by molar-refractivity contribution is 5.65. The summed E-state index contributed by atoms with van der Waals surface area (Å²) in [6, 6.07) is 4.57. The third-order valence-electron chi connectivity index (χ3n) is 3.63. The number of pyridine rings is 1. The molecule has 1 aliphatic heterocycles. The molecule has 2 heterocycles.